The first kappa shape index (κ1) is 12.3. The molecule has 0 aliphatic carbocycles. The lowest BCUT2D eigenvalue weighted by molar-refractivity contribution is 0.0858. The van der Waals surface area contributed by atoms with E-state index in [9.17, 15) is 4.79 Å². The summed E-state index contributed by atoms with van der Waals surface area (Å²) in [5.74, 6) is 0.183. The third-order valence-electron chi connectivity index (χ3n) is 2.75. The van der Waals surface area contributed by atoms with Gasteiger partial charge in [0.05, 0.1) is 0 Å². The Kier molecular flexibility index (Phi) is 3.09. The number of Topliss-reactive ketones (excluding diaryl/α,β-unsaturated/α-hetero) is 1. The average molecular weight is 291 g/mol. The molecule has 0 fully saturated rings. The highest BCUT2D eigenvalue weighted by molar-refractivity contribution is 9.10. The SMILES string of the molecule is CC(C)(C)C(=O)c1ccc2cc(Br)ccc2c1. The molecule has 0 bridgehead atoms. The number of hydrogen-bond acceptors (Lipinski definition) is 1. The van der Waals surface area contributed by atoms with E-state index in [0.29, 0.717) is 0 Å². The largest absolute Gasteiger partial charge is 0.294 e. The molecule has 2 heteroatoms. The Hall–Kier alpha value is -1.15. The second kappa shape index (κ2) is 4.26. The van der Waals surface area contributed by atoms with Crippen LogP contribution in [0.5, 0.6) is 0 Å². The van der Waals surface area contributed by atoms with Crippen molar-refractivity contribution in [1.29, 1.82) is 0 Å². The van der Waals surface area contributed by atoms with E-state index in [1.54, 1.807) is 0 Å². The Morgan fingerprint density at radius 1 is 1.00 bits per heavy atom. The van der Waals surface area contributed by atoms with E-state index in [4.69, 9.17) is 0 Å². The minimum absolute atomic E-state index is 0.183. The van der Waals surface area contributed by atoms with Crippen molar-refractivity contribution in [3.05, 3.63) is 46.4 Å². The monoisotopic (exact) mass is 290 g/mol. The van der Waals surface area contributed by atoms with Gasteiger partial charge in [0.25, 0.3) is 0 Å². The van der Waals surface area contributed by atoms with Crippen molar-refractivity contribution in [2.24, 2.45) is 5.41 Å². The Bertz CT molecular complexity index is 579. The maximum Gasteiger partial charge on any atom is 0.168 e. The molecule has 0 aromatic heterocycles. The van der Waals surface area contributed by atoms with Gasteiger partial charge in [-0.1, -0.05) is 54.9 Å². The standard InChI is InChI=1S/C15H15BrO/c1-15(2,3)14(17)12-5-4-11-9-13(16)7-6-10(11)8-12/h4-9H,1-3H3. The van der Waals surface area contributed by atoms with Crippen LogP contribution in [-0.4, -0.2) is 5.78 Å². The second-order valence-corrected chi connectivity index (χ2v) is 6.20. The molecule has 1 nitrogen and oxygen atoms in total. The third-order valence-corrected chi connectivity index (χ3v) is 3.24. The predicted octanol–water partition coefficient (Wildman–Crippen LogP) is 4.83. The van der Waals surface area contributed by atoms with Gasteiger partial charge < -0.3 is 0 Å². The fraction of sp³-hybridized carbons (Fsp3) is 0.267. The van der Waals surface area contributed by atoms with Crippen molar-refractivity contribution in [2.75, 3.05) is 0 Å². The molecule has 0 amide bonds. The van der Waals surface area contributed by atoms with Gasteiger partial charge in [-0.05, 0) is 29.0 Å². The van der Waals surface area contributed by atoms with Gasteiger partial charge in [-0.3, -0.25) is 4.79 Å². The summed E-state index contributed by atoms with van der Waals surface area (Å²) in [6.07, 6.45) is 0. The van der Waals surface area contributed by atoms with Gasteiger partial charge in [-0.2, -0.15) is 0 Å². The number of carbonyl (C=O) groups excluding carboxylic acids is 1. The molecule has 0 spiro atoms. The zero-order valence-electron chi connectivity index (χ0n) is 10.3. The van der Waals surface area contributed by atoms with Crippen molar-refractivity contribution in [3.63, 3.8) is 0 Å². The van der Waals surface area contributed by atoms with Crippen LogP contribution in [0.4, 0.5) is 0 Å². The molecule has 0 radical (unpaired) electrons. The van der Waals surface area contributed by atoms with Gasteiger partial charge in [-0.25, -0.2) is 0 Å². The minimum atomic E-state index is -0.330. The summed E-state index contributed by atoms with van der Waals surface area (Å²) in [6, 6.07) is 11.9. The Morgan fingerprint density at radius 2 is 1.59 bits per heavy atom. The number of fused-ring (bicyclic) bond motifs is 1. The van der Waals surface area contributed by atoms with Crippen LogP contribution in [0.2, 0.25) is 0 Å². The predicted molar refractivity (Wildman–Crippen MR) is 75.4 cm³/mol. The molecule has 2 rings (SSSR count). The molecule has 0 aliphatic rings. The van der Waals surface area contributed by atoms with Crippen molar-refractivity contribution >= 4 is 32.5 Å². The summed E-state index contributed by atoms with van der Waals surface area (Å²) in [4.78, 5) is 12.2. The molecule has 2 aromatic carbocycles. The van der Waals surface area contributed by atoms with Crippen LogP contribution in [0.3, 0.4) is 0 Å². The van der Waals surface area contributed by atoms with Crippen molar-refractivity contribution in [2.45, 2.75) is 20.8 Å². The molecule has 88 valence electrons. The highest BCUT2D eigenvalue weighted by Crippen LogP contribution is 2.25. The third kappa shape index (κ3) is 2.58. The van der Waals surface area contributed by atoms with Gasteiger partial charge in [0.15, 0.2) is 5.78 Å². The summed E-state index contributed by atoms with van der Waals surface area (Å²) < 4.78 is 1.06. The van der Waals surface area contributed by atoms with Gasteiger partial charge in [0.1, 0.15) is 0 Å². The quantitative estimate of drug-likeness (QED) is 0.688. The Balaban J connectivity index is 2.52. The lowest BCUT2D eigenvalue weighted by Gasteiger charge is -2.16. The lowest BCUT2D eigenvalue weighted by Crippen LogP contribution is -2.19. The minimum Gasteiger partial charge on any atom is -0.294 e. The fourth-order valence-corrected chi connectivity index (χ4v) is 2.17. The molecule has 0 atom stereocenters. The summed E-state index contributed by atoms with van der Waals surface area (Å²) >= 11 is 3.44. The first-order valence-corrected chi connectivity index (χ1v) is 6.41. The first-order valence-electron chi connectivity index (χ1n) is 5.62. The summed E-state index contributed by atoms with van der Waals surface area (Å²) in [5.41, 5.74) is 0.454. The van der Waals surface area contributed by atoms with Crippen LogP contribution < -0.4 is 0 Å². The number of ketones is 1. The summed E-state index contributed by atoms with van der Waals surface area (Å²) in [6.45, 7) is 5.84. The fourth-order valence-electron chi connectivity index (χ4n) is 1.79. The summed E-state index contributed by atoms with van der Waals surface area (Å²) in [7, 11) is 0. The van der Waals surface area contributed by atoms with Gasteiger partial charge in [-0.15, -0.1) is 0 Å². The number of carbonyl (C=O) groups is 1. The van der Waals surface area contributed by atoms with E-state index in [1.807, 2.05) is 51.1 Å². The second-order valence-electron chi connectivity index (χ2n) is 5.29. The van der Waals surface area contributed by atoms with E-state index in [2.05, 4.69) is 22.0 Å². The number of rotatable bonds is 1. The topological polar surface area (TPSA) is 17.1 Å². The molecule has 0 aliphatic heterocycles. The smallest absolute Gasteiger partial charge is 0.168 e. The van der Waals surface area contributed by atoms with E-state index in [1.165, 1.54) is 0 Å². The van der Waals surface area contributed by atoms with Crippen molar-refractivity contribution in [3.8, 4) is 0 Å². The molecule has 2 aromatic rings. The highest BCUT2D eigenvalue weighted by Gasteiger charge is 2.22. The number of hydrogen-bond donors (Lipinski definition) is 0. The first-order chi connectivity index (χ1) is 7.88. The van der Waals surface area contributed by atoms with Gasteiger partial charge in [0, 0.05) is 15.5 Å². The molecular weight excluding hydrogens is 276 g/mol. The maximum atomic E-state index is 12.2. The van der Waals surface area contributed by atoms with Crippen LogP contribution in [0, 0.1) is 5.41 Å². The van der Waals surface area contributed by atoms with Crippen LogP contribution >= 0.6 is 15.9 Å². The van der Waals surface area contributed by atoms with Crippen LogP contribution in [-0.2, 0) is 0 Å². The van der Waals surface area contributed by atoms with Gasteiger partial charge in [0.2, 0.25) is 0 Å². The zero-order chi connectivity index (χ0) is 12.6. The van der Waals surface area contributed by atoms with Crippen molar-refractivity contribution < 1.29 is 4.79 Å². The normalized spacial score (nSPS) is 11.8. The van der Waals surface area contributed by atoms with Crippen LogP contribution in [0.15, 0.2) is 40.9 Å². The average Bonchev–Trinajstić information content (AvgIpc) is 2.26. The molecule has 0 N–H and O–H groups in total. The molecule has 0 heterocycles. The van der Waals surface area contributed by atoms with E-state index < -0.39 is 0 Å². The number of halogens is 1. The summed E-state index contributed by atoms with van der Waals surface area (Å²) in [5, 5.41) is 2.24. The van der Waals surface area contributed by atoms with E-state index >= 15 is 0 Å². The van der Waals surface area contributed by atoms with Gasteiger partial charge >= 0.3 is 0 Å². The molecular formula is C15H15BrO. The molecule has 0 unspecified atom stereocenters. The molecule has 0 saturated heterocycles. The number of benzene rings is 2. The Morgan fingerprint density at radius 3 is 2.24 bits per heavy atom. The molecule has 17 heavy (non-hydrogen) atoms. The molecule has 0 saturated carbocycles. The van der Waals surface area contributed by atoms with Crippen LogP contribution in [0.25, 0.3) is 10.8 Å². The zero-order valence-corrected chi connectivity index (χ0v) is 11.8. The Labute approximate surface area is 110 Å². The van der Waals surface area contributed by atoms with E-state index in [0.717, 1.165) is 20.8 Å². The maximum absolute atomic E-state index is 12.2. The van der Waals surface area contributed by atoms with E-state index in [-0.39, 0.29) is 11.2 Å². The highest BCUT2D eigenvalue weighted by atomic mass is 79.9. The lowest BCUT2D eigenvalue weighted by atomic mass is 9.86. The van der Waals surface area contributed by atoms with Crippen LogP contribution in [0.1, 0.15) is 31.1 Å². The van der Waals surface area contributed by atoms with Crippen molar-refractivity contribution in [1.82, 2.24) is 0 Å².